The summed E-state index contributed by atoms with van der Waals surface area (Å²) in [6.45, 7) is 0. The lowest BCUT2D eigenvalue weighted by molar-refractivity contribution is 1.19. The van der Waals surface area contributed by atoms with Crippen molar-refractivity contribution in [2.24, 2.45) is 0 Å². The minimum atomic E-state index is 0.757. The Bertz CT molecular complexity index is 9500. The zero-order chi connectivity index (χ0) is 93.4. The van der Waals surface area contributed by atoms with E-state index in [9.17, 15) is 0 Å². The van der Waals surface area contributed by atoms with Crippen molar-refractivity contribution >= 4 is 129 Å². The van der Waals surface area contributed by atoms with E-state index in [0.29, 0.717) is 0 Å². The molecule has 0 radical (unpaired) electrons. The number of hydrogen-bond acceptors (Lipinski definition) is 10. The Balaban J connectivity index is 0.0000000933. The van der Waals surface area contributed by atoms with E-state index >= 15 is 0 Å². The van der Waals surface area contributed by atoms with E-state index in [1.54, 1.807) is 0 Å². The van der Waals surface area contributed by atoms with Crippen LogP contribution in [0.1, 0.15) is 0 Å². The van der Waals surface area contributed by atoms with E-state index in [0.717, 1.165) is 66.6 Å². The zero-order valence-corrected chi connectivity index (χ0v) is 79.6. The monoisotopic (exact) mass is 1870 g/mol. The van der Waals surface area contributed by atoms with Gasteiger partial charge in [0.1, 0.15) is 0 Å². The number of pyridine rings is 2. The van der Waals surface area contributed by atoms with Gasteiger partial charge in [0.05, 0.1) is 48.0 Å². The van der Waals surface area contributed by atoms with Gasteiger partial charge in [-0.15, -0.1) is 45.3 Å². The van der Waals surface area contributed by atoms with Gasteiger partial charge >= 0.3 is 0 Å². The van der Waals surface area contributed by atoms with Crippen molar-refractivity contribution < 1.29 is 0 Å². The predicted octanol–water partition coefficient (Wildman–Crippen LogP) is 37.5. The standard InChI is InChI=1S/C40H24N2S.C35H21NS.C29H17NS.C28H16N2S/c1-3-13-25(14-4-1)34-24-35(26-15-5-2-6-16-26)42-40(41-34)39-36-32-22-12-11-20-30(32)29-19-9-10-21-31(29)33-23-27-17-7-8-18-28(27)38(43-39)37(33)36;1-2-11-22(12-3-1)30-19-10-20-31(36-30)35-32-28-18-9-8-16-26(28)25-15-6-7-17-27(25)29-21-23-13-4-5-14-24(23)34(37-35)33(29)32;1-2-10-19-18(9-1)17-24-22-13-4-3-11-20(22)21-12-5-6-14-23(21)26-27(24)28(19)31-29(26)25-15-7-8-16-30-25;1-2-9-18-17(8-1)16-23-21-12-4-3-10-19(21)20-11-5-6-13-22(20)24-25(23)26(18)31-27(24)28-29-14-7-15-30-28/h1-24H;1-21H;1-17H;1-16H. The fourth-order valence-electron chi connectivity index (χ4n) is 22.2. The molecule has 660 valence electrons. The van der Waals surface area contributed by atoms with Gasteiger partial charge in [0.2, 0.25) is 0 Å². The third kappa shape index (κ3) is 13.6. The number of aromatic nitrogens is 6. The maximum Gasteiger partial charge on any atom is 0.171 e. The normalized spacial score (nSPS) is 11.8. The Morgan fingerprint density at radius 1 is 0.148 bits per heavy atom. The van der Waals surface area contributed by atoms with Gasteiger partial charge in [0, 0.05) is 97.9 Å². The molecule has 8 aromatic heterocycles. The number of hydrogen-bond donors (Lipinski definition) is 0. The molecule has 10 heteroatoms. The Labute approximate surface area is 835 Å². The number of fused-ring (bicyclic) bond motifs is 28. The van der Waals surface area contributed by atoms with Gasteiger partial charge in [0.15, 0.2) is 11.6 Å². The minimum absolute atomic E-state index is 0.757. The maximum atomic E-state index is 5.29. The first kappa shape index (κ1) is 82.8. The van der Waals surface area contributed by atoms with Gasteiger partial charge in [-0.3, -0.25) is 4.98 Å². The van der Waals surface area contributed by atoms with E-state index < -0.39 is 0 Å². The molecule has 4 aliphatic rings. The molecule has 19 aromatic carbocycles. The van der Waals surface area contributed by atoms with Gasteiger partial charge in [-0.1, -0.05) is 394 Å². The molecule has 8 heterocycles. The van der Waals surface area contributed by atoms with Gasteiger partial charge in [-0.2, -0.15) is 0 Å². The molecule has 27 aromatic rings. The van der Waals surface area contributed by atoms with Crippen molar-refractivity contribution in [3.63, 3.8) is 0 Å². The highest BCUT2D eigenvalue weighted by atomic mass is 32.1. The molecule has 0 saturated heterocycles. The van der Waals surface area contributed by atoms with E-state index in [4.69, 9.17) is 19.9 Å². The van der Waals surface area contributed by atoms with Crippen LogP contribution in [-0.4, -0.2) is 29.9 Å². The van der Waals surface area contributed by atoms with Crippen LogP contribution in [0.25, 0.3) is 293 Å². The van der Waals surface area contributed by atoms with Crippen molar-refractivity contribution in [3.8, 4) is 210 Å². The molecule has 0 aliphatic heterocycles. The lowest BCUT2D eigenvalue weighted by atomic mass is 9.93. The van der Waals surface area contributed by atoms with Crippen molar-refractivity contribution in [3.05, 3.63) is 474 Å². The molecule has 0 N–H and O–H groups in total. The van der Waals surface area contributed by atoms with Crippen LogP contribution < -0.4 is 0 Å². The molecule has 0 amide bonds. The van der Waals surface area contributed by atoms with Crippen LogP contribution in [-0.2, 0) is 0 Å². The second-order valence-electron chi connectivity index (χ2n) is 36.2. The van der Waals surface area contributed by atoms with Crippen LogP contribution in [0.3, 0.4) is 0 Å². The number of rotatable bonds is 7. The Hall–Kier alpha value is -17.5. The molecule has 31 rings (SSSR count). The van der Waals surface area contributed by atoms with E-state index in [2.05, 4.69) is 435 Å². The fourth-order valence-corrected chi connectivity index (χ4v) is 27.5. The molecule has 4 aliphatic carbocycles. The van der Waals surface area contributed by atoms with Crippen LogP contribution >= 0.6 is 45.3 Å². The molecule has 0 unspecified atom stereocenters. The summed E-state index contributed by atoms with van der Waals surface area (Å²) >= 11 is 7.37. The summed E-state index contributed by atoms with van der Waals surface area (Å²) in [5.41, 5.74) is 38.8. The topological polar surface area (TPSA) is 77.3 Å². The maximum absolute atomic E-state index is 5.29. The van der Waals surface area contributed by atoms with Gasteiger partial charge in [0.25, 0.3) is 0 Å². The van der Waals surface area contributed by atoms with Gasteiger partial charge < -0.3 is 0 Å². The fraction of sp³-hybridized carbons (Fsp3) is 0. The van der Waals surface area contributed by atoms with Crippen LogP contribution in [0.4, 0.5) is 0 Å². The molecule has 0 saturated carbocycles. The van der Waals surface area contributed by atoms with Crippen LogP contribution in [0.15, 0.2) is 474 Å². The Morgan fingerprint density at radius 2 is 0.394 bits per heavy atom. The van der Waals surface area contributed by atoms with Gasteiger partial charge in [-0.25, -0.2) is 24.9 Å². The van der Waals surface area contributed by atoms with Crippen molar-refractivity contribution in [1.29, 1.82) is 0 Å². The second-order valence-corrected chi connectivity index (χ2v) is 40.3. The average Bonchev–Trinajstić information content (AvgIpc) is 1.56. The third-order valence-electron chi connectivity index (χ3n) is 28.3. The summed E-state index contributed by atoms with van der Waals surface area (Å²) in [5.74, 6) is 1.54. The third-order valence-corrected chi connectivity index (χ3v) is 33.3. The summed E-state index contributed by atoms with van der Waals surface area (Å²) in [4.78, 5) is 34.5. The first-order valence-electron chi connectivity index (χ1n) is 47.9. The first-order chi connectivity index (χ1) is 70.5. The van der Waals surface area contributed by atoms with Crippen molar-refractivity contribution in [2.45, 2.75) is 0 Å². The lowest BCUT2D eigenvalue weighted by Gasteiger charge is -2.12. The molecule has 0 spiro atoms. The largest absolute Gasteiger partial charge is 0.255 e. The number of benzene rings is 19. The van der Waals surface area contributed by atoms with Crippen molar-refractivity contribution in [2.75, 3.05) is 0 Å². The summed E-state index contributed by atoms with van der Waals surface area (Å²) in [5, 5.41) is 15.5. The summed E-state index contributed by atoms with van der Waals surface area (Å²) < 4.78 is 5.25. The minimum Gasteiger partial charge on any atom is -0.255 e. The predicted molar refractivity (Wildman–Crippen MR) is 602 cm³/mol. The molecule has 0 fully saturated rings. The highest BCUT2D eigenvalue weighted by Gasteiger charge is 2.35. The van der Waals surface area contributed by atoms with E-state index in [1.165, 1.54) is 227 Å². The average molecular weight is 1880 g/mol. The second kappa shape index (κ2) is 34.3. The Kier molecular flexibility index (Phi) is 20.0. The number of nitrogens with zero attached hydrogens (tertiary/aromatic N) is 6. The molecular weight excluding hydrogens is 1800 g/mol. The summed E-state index contributed by atoms with van der Waals surface area (Å²) in [7, 11) is 0. The molecular formula is C132H78N6S4. The highest BCUT2D eigenvalue weighted by molar-refractivity contribution is 7.25. The van der Waals surface area contributed by atoms with Crippen LogP contribution in [0.5, 0.6) is 0 Å². The number of thiophene rings is 4. The highest BCUT2D eigenvalue weighted by Crippen LogP contribution is 2.62. The molecule has 6 nitrogen and oxygen atoms in total. The van der Waals surface area contributed by atoms with Crippen molar-refractivity contribution in [1.82, 2.24) is 29.9 Å². The molecule has 0 bridgehead atoms. The SMILES string of the molecule is c1ccc(-c2cc(-c3ccccc3)nc(-c3sc4c5c(cc6ccccc64)-c4ccccc4-c4ccccc4-c35)n2)cc1.c1ccc(-c2cccc(-c3sc4c5c(cc6ccccc64)-c4ccccc4-c4ccccc4-c35)n2)cc1.c1ccc(-c2sc3c4c(cc5ccccc53)-c3ccccc3-c3ccccc3-c24)nc1.c1cnc(-c2sc3c4c(cc5ccccc53)-c3ccccc3-c3ccccc3-c24)nc1. The molecule has 0 atom stereocenters. The Morgan fingerprint density at radius 3 is 0.732 bits per heavy atom. The van der Waals surface area contributed by atoms with E-state index in [1.807, 2.05) is 94.3 Å². The smallest absolute Gasteiger partial charge is 0.171 e. The summed E-state index contributed by atoms with van der Waals surface area (Å²) in [6, 6.07) is 163. The van der Waals surface area contributed by atoms with Crippen LogP contribution in [0.2, 0.25) is 0 Å². The lowest BCUT2D eigenvalue weighted by Crippen LogP contribution is -1.96. The van der Waals surface area contributed by atoms with E-state index in [-0.39, 0.29) is 0 Å². The van der Waals surface area contributed by atoms with Gasteiger partial charge in [-0.05, 0) is 215 Å². The quantitative estimate of drug-likeness (QED) is 0.158. The zero-order valence-electron chi connectivity index (χ0n) is 76.3. The molecule has 142 heavy (non-hydrogen) atoms. The summed E-state index contributed by atoms with van der Waals surface area (Å²) in [6.07, 6.45) is 5.55. The van der Waals surface area contributed by atoms with Crippen LogP contribution in [0, 0.1) is 0 Å². The first-order valence-corrected chi connectivity index (χ1v) is 51.2.